The highest BCUT2D eigenvalue weighted by Crippen LogP contribution is 2.19. The van der Waals surface area contributed by atoms with E-state index >= 15 is 0 Å². The minimum absolute atomic E-state index is 0.264. The fraction of sp³-hybridized carbons (Fsp3) is 0.176. The number of anilines is 1. The molecule has 1 aromatic heterocycles. The van der Waals surface area contributed by atoms with Gasteiger partial charge in [-0.3, -0.25) is 4.79 Å². The number of carbonyl (C=O) groups excluding carboxylic acids is 1. The first kappa shape index (κ1) is 16.0. The third-order valence-corrected chi connectivity index (χ3v) is 3.00. The number of benzene rings is 1. The van der Waals surface area contributed by atoms with Gasteiger partial charge in [-0.1, -0.05) is 36.7 Å². The SMILES string of the molecule is CCCOc1ccccc1/C=C/C(=O)Nc1ccc(Cl)cn1. The second kappa shape index (κ2) is 8.20. The average molecular weight is 317 g/mol. The Morgan fingerprint density at radius 3 is 2.86 bits per heavy atom. The van der Waals surface area contributed by atoms with Crippen molar-refractivity contribution in [2.45, 2.75) is 13.3 Å². The normalized spacial score (nSPS) is 10.6. The van der Waals surface area contributed by atoms with Crippen molar-refractivity contribution in [2.75, 3.05) is 11.9 Å². The van der Waals surface area contributed by atoms with E-state index in [2.05, 4.69) is 10.3 Å². The summed E-state index contributed by atoms with van der Waals surface area (Å²) in [5.41, 5.74) is 0.857. The number of ether oxygens (including phenoxy) is 1. The summed E-state index contributed by atoms with van der Waals surface area (Å²) in [5.74, 6) is 0.952. The Balaban J connectivity index is 2.01. The van der Waals surface area contributed by atoms with Crippen molar-refractivity contribution in [1.82, 2.24) is 4.98 Å². The molecule has 0 saturated carbocycles. The van der Waals surface area contributed by atoms with Crippen LogP contribution in [0.3, 0.4) is 0 Å². The van der Waals surface area contributed by atoms with E-state index in [-0.39, 0.29) is 5.91 Å². The standard InChI is InChI=1S/C17H17ClN2O2/c1-2-11-22-15-6-4-3-5-13(15)7-10-17(21)20-16-9-8-14(18)12-19-16/h3-10,12H,2,11H2,1H3,(H,19,20,21)/b10-7+. The van der Waals surface area contributed by atoms with E-state index in [0.717, 1.165) is 17.7 Å². The van der Waals surface area contributed by atoms with Gasteiger partial charge in [-0.25, -0.2) is 4.98 Å². The van der Waals surface area contributed by atoms with Gasteiger partial charge in [0.2, 0.25) is 5.91 Å². The van der Waals surface area contributed by atoms with Crippen LogP contribution in [-0.2, 0) is 4.79 Å². The number of nitrogens with one attached hydrogen (secondary N) is 1. The molecule has 4 nitrogen and oxygen atoms in total. The molecule has 0 saturated heterocycles. The van der Waals surface area contributed by atoms with E-state index in [1.807, 2.05) is 31.2 Å². The Morgan fingerprint density at radius 1 is 1.32 bits per heavy atom. The lowest BCUT2D eigenvalue weighted by molar-refractivity contribution is -0.111. The molecular weight excluding hydrogens is 300 g/mol. The van der Waals surface area contributed by atoms with Crippen molar-refractivity contribution in [3.05, 3.63) is 59.3 Å². The number of aromatic nitrogens is 1. The number of amides is 1. The molecule has 0 radical (unpaired) electrons. The topological polar surface area (TPSA) is 51.2 Å². The number of carbonyl (C=O) groups is 1. The van der Waals surface area contributed by atoms with E-state index < -0.39 is 0 Å². The summed E-state index contributed by atoms with van der Waals surface area (Å²) < 4.78 is 5.64. The summed E-state index contributed by atoms with van der Waals surface area (Å²) in [6.45, 7) is 2.69. The molecule has 0 fully saturated rings. The molecule has 0 unspecified atom stereocenters. The number of hydrogen-bond acceptors (Lipinski definition) is 3. The fourth-order valence-electron chi connectivity index (χ4n) is 1.74. The highest BCUT2D eigenvalue weighted by atomic mass is 35.5. The molecular formula is C17H17ClN2O2. The molecule has 2 rings (SSSR count). The highest BCUT2D eigenvalue weighted by Gasteiger charge is 2.02. The van der Waals surface area contributed by atoms with Crippen molar-refractivity contribution in [3.63, 3.8) is 0 Å². The predicted octanol–water partition coefficient (Wildman–Crippen LogP) is 4.18. The Bertz CT molecular complexity index is 654. The van der Waals surface area contributed by atoms with Crippen LogP contribution < -0.4 is 10.1 Å². The monoisotopic (exact) mass is 316 g/mol. The lowest BCUT2D eigenvalue weighted by Gasteiger charge is -2.07. The van der Waals surface area contributed by atoms with Gasteiger partial charge in [0.1, 0.15) is 11.6 Å². The zero-order valence-corrected chi connectivity index (χ0v) is 13.0. The zero-order valence-electron chi connectivity index (χ0n) is 12.3. The molecule has 2 aromatic rings. The van der Waals surface area contributed by atoms with Crippen LogP contribution in [0.4, 0.5) is 5.82 Å². The Kier molecular flexibility index (Phi) is 5.98. The highest BCUT2D eigenvalue weighted by molar-refractivity contribution is 6.30. The van der Waals surface area contributed by atoms with Crippen molar-refractivity contribution in [1.29, 1.82) is 0 Å². The lowest BCUT2D eigenvalue weighted by Crippen LogP contribution is -2.08. The molecule has 0 spiro atoms. The van der Waals surface area contributed by atoms with Crippen molar-refractivity contribution >= 4 is 29.4 Å². The Morgan fingerprint density at radius 2 is 2.14 bits per heavy atom. The average Bonchev–Trinajstić information content (AvgIpc) is 2.54. The van der Waals surface area contributed by atoms with Gasteiger partial charge in [-0.15, -0.1) is 0 Å². The minimum Gasteiger partial charge on any atom is -0.493 e. The van der Waals surface area contributed by atoms with Crippen LogP contribution in [0, 0.1) is 0 Å². The van der Waals surface area contributed by atoms with Gasteiger partial charge in [0.25, 0.3) is 0 Å². The van der Waals surface area contributed by atoms with Crippen LogP contribution in [0.2, 0.25) is 5.02 Å². The van der Waals surface area contributed by atoms with E-state index in [4.69, 9.17) is 16.3 Å². The van der Waals surface area contributed by atoms with Crippen molar-refractivity contribution < 1.29 is 9.53 Å². The first-order valence-electron chi connectivity index (χ1n) is 7.01. The van der Waals surface area contributed by atoms with Crippen molar-refractivity contribution in [2.24, 2.45) is 0 Å². The molecule has 1 heterocycles. The number of halogens is 1. The molecule has 0 bridgehead atoms. The second-order valence-corrected chi connectivity index (χ2v) is 5.01. The van der Waals surface area contributed by atoms with E-state index in [1.54, 1.807) is 18.2 Å². The lowest BCUT2D eigenvalue weighted by atomic mass is 10.2. The molecule has 1 amide bonds. The third-order valence-electron chi connectivity index (χ3n) is 2.77. The first-order valence-corrected chi connectivity index (χ1v) is 7.39. The largest absolute Gasteiger partial charge is 0.493 e. The summed E-state index contributed by atoms with van der Waals surface area (Å²) >= 11 is 5.75. The molecule has 114 valence electrons. The van der Waals surface area contributed by atoms with Crippen LogP contribution in [0.1, 0.15) is 18.9 Å². The molecule has 0 aliphatic carbocycles. The molecule has 22 heavy (non-hydrogen) atoms. The maximum absolute atomic E-state index is 11.9. The Labute approximate surface area is 134 Å². The second-order valence-electron chi connectivity index (χ2n) is 4.57. The summed E-state index contributed by atoms with van der Waals surface area (Å²) in [6, 6.07) is 10.9. The third kappa shape index (κ3) is 4.90. The van der Waals surface area contributed by atoms with Gasteiger partial charge in [-0.05, 0) is 30.7 Å². The molecule has 0 aliphatic rings. The van der Waals surface area contributed by atoms with Crippen molar-refractivity contribution in [3.8, 4) is 5.75 Å². The minimum atomic E-state index is -0.264. The summed E-state index contributed by atoms with van der Waals surface area (Å²) in [6.07, 6.45) is 5.58. The molecule has 1 N–H and O–H groups in total. The van der Waals surface area contributed by atoms with E-state index in [0.29, 0.717) is 17.4 Å². The maximum Gasteiger partial charge on any atom is 0.249 e. The molecule has 0 aliphatic heterocycles. The molecule has 5 heteroatoms. The molecule has 1 aromatic carbocycles. The fourth-order valence-corrected chi connectivity index (χ4v) is 1.86. The quantitative estimate of drug-likeness (QED) is 0.813. The smallest absolute Gasteiger partial charge is 0.249 e. The van der Waals surface area contributed by atoms with Gasteiger partial charge in [-0.2, -0.15) is 0 Å². The number of para-hydroxylation sites is 1. The first-order chi connectivity index (χ1) is 10.7. The summed E-state index contributed by atoms with van der Waals surface area (Å²) in [7, 11) is 0. The maximum atomic E-state index is 11.9. The van der Waals surface area contributed by atoms with E-state index in [1.165, 1.54) is 12.3 Å². The number of nitrogens with zero attached hydrogens (tertiary/aromatic N) is 1. The van der Waals surface area contributed by atoms with Gasteiger partial charge in [0, 0.05) is 17.8 Å². The van der Waals surface area contributed by atoms with Crippen LogP contribution in [-0.4, -0.2) is 17.5 Å². The number of hydrogen-bond donors (Lipinski definition) is 1. The summed E-state index contributed by atoms with van der Waals surface area (Å²) in [4.78, 5) is 15.9. The molecule has 0 atom stereocenters. The number of pyridine rings is 1. The Hall–Kier alpha value is -2.33. The summed E-state index contributed by atoms with van der Waals surface area (Å²) in [5, 5.41) is 3.19. The van der Waals surface area contributed by atoms with Gasteiger partial charge >= 0.3 is 0 Å². The van der Waals surface area contributed by atoms with Crippen LogP contribution in [0.25, 0.3) is 6.08 Å². The van der Waals surface area contributed by atoms with Gasteiger partial charge < -0.3 is 10.1 Å². The predicted molar refractivity (Wildman–Crippen MR) is 89.1 cm³/mol. The van der Waals surface area contributed by atoms with E-state index in [9.17, 15) is 4.79 Å². The zero-order chi connectivity index (χ0) is 15.8. The van der Waals surface area contributed by atoms with Crippen LogP contribution in [0.15, 0.2) is 48.7 Å². The van der Waals surface area contributed by atoms with Crippen LogP contribution >= 0.6 is 11.6 Å². The van der Waals surface area contributed by atoms with Gasteiger partial charge in [0.15, 0.2) is 0 Å². The number of rotatable bonds is 6. The van der Waals surface area contributed by atoms with Crippen LogP contribution in [0.5, 0.6) is 5.75 Å². The van der Waals surface area contributed by atoms with Gasteiger partial charge in [0.05, 0.1) is 11.6 Å².